The first-order valence-electron chi connectivity index (χ1n) is 4.54. The highest BCUT2D eigenvalue weighted by Gasteiger charge is 2.10. The number of alkyl halides is 1. The quantitative estimate of drug-likeness (QED) is 0.453. The fraction of sp³-hybridized carbons (Fsp3) is 0.364. The van der Waals surface area contributed by atoms with E-state index in [0.29, 0.717) is 12.3 Å². The van der Waals surface area contributed by atoms with Gasteiger partial charge in [0.05, 0.1) is 0 Å². The summed E-state index contributed by atoms with van der Waals surface area (Å²) in [6, 6.07) is 5.93. The molecule has 0 aliphatic carbocycles. The number of thioether (sulfide) groups is 2. The van der Waals surface area contributed by atoms with Crippen LogP contribution in [0.1, 0.15) is 16.8 Å². The third-order valence-electron chi connectivity index (χ3n) is 2.03. The van der Waals surface area contributed by atoms with Crippen LogP contribution in [0.3, 0.4) is 0 Å². The Balaban J connectivity index is 3.02. The average Bonchev–Trinajstić information content (AvgIpc) is 2.28. The summed E-state index contributed by atoms with van der Waals surface area (Å²) in [7, 11) is 0. The molecule has 1 aromatic carbocycles. The summed E-state index contributed by atoms with van der Waals surface area (Å²) in [5, 5.41) is 0. The molecule has 0 aliphatic rings. The Kier molecular flexibility index (Phi) is 5.58. The predicted molar refractivity (Wildman–Crippen MR) is 69.7 cm³/mol. The van der Waals surface area contributed by atoms with Crippen molar-refractivity contribution in [3.8, 4) is 0 Å². The van der Waals surface area contributed by atoms with Crippen LogP contribution in [0, 0.1) is 0 Å². The lowest BCUT2D eigenvalue weighted by Crippen LogP contribution is -2.01. The van der Waals surface area contributed by atoms with Gasteiger partial charge in [-0.15, -0.1) is 35.1 Å². The van der Waals surface area contributed by atoms with Crippen LogP contribution in [0.4, 0.5) is 0 Å². The molecular formula is C11H13ClOS2. The van der Waals surface area contributed by atoms with Crippen LogP contribution in [0.15, 0.2) is 28.0 Å². The number of benzene rings is 1. The summed E-state index contributed by atoms with van der Waals surface area (Å²) < 4.78 is 0. The van der Waals surface area contributed by atoms with Crippen molar-refractivity contribution >= 4 is 40.9 Å². The van der Waals surface area contributed by atoms with E-state index in [0.717, 1.165) is 10.5 Å². The van der Waals surface area contributed by atoms with E-state index in [4.69, 9.17) is 11.6 Å². The fourth-order valence-corrected chi connectivity index (χ4v) is 2.58. The van der Waals surface area contributed by atoms with E-state index in [1.807, 2.05) is 24.6 Å². The van der Waals surface area contributed by atoms with Crippen LogP contribution >= 0.6 is 35.1 Å². The molecule has 0 aliphatic heterocycles. The van der Waals surface area contributed by atoms with E-state index in [1.54, 1.807) is 23.5 Å². The molecule has 0 aromatic heterocycles. The summed E-state index contributed by atoms with van der Waals surface area (Å²) in [4.78, 5) is 13.9. The molecule has 0 saturated carbocycles. The van der Waals surface area contributed by atoms with Crippen LogP contribution in [0.2, 0.25) is 0 Å². The van der Waals surface area contributed by atoms with Gasteiger partial charge in [0, 0.05) is 27.7 Å². The molecule has 0 heterocycles. The summed E-state index contributed by atoms with van der Waals surface area (Å²) in [5.41, 5.74) is 0.793. The van der Waals surface area contributed by atoms with Crippen molar-refractivity contribution in [2.45, 2.75) is 16.2 Å². The molecule has 0 N–H and O–H groups in total. The number of carbonyl (C=O) groups is 1. The van der Waals surface area contributed by atoms with Gasteiger partial charge in [-0.05, 0) is 30.7 Å². The Hall–Kier alpha value is -0.120. The van der Waals surface area contributed by atoms with E-state index < -0.39 is 0 Å². The van der Waals surface area contributed by atoms with Gasteiger partial charge in [0.25, 0.3) is 0 Å². The molecule has 4 heteroatoms. The number of carbonyl (C=O) groups excluding carboxylic acids is 1. The molecule has 0 bridgehead atoms. The maximum Gasteiger partial charge on any atom is 0.165 e. The van der Waals surface area contributed by atoms with Gasteiger partial charge in [-0.1, -0.05) is 0 Å². The molecular weight excluding hydrogens is 248 g/mol. The molecule has 0 radical (unpaired) electrons. The molecule has 82 valence electrons. The summed E-state index contributed by atoms with van der Waals surface area (Å²) >= 11 is 8.85. The molecule has 1 nitrogen and oxygen atoms in total. The Bertz CT molecular complexity index is 352. The lowest BCUT2D eigenvalue weighted by molar-refractivity contribution is 0.0986. The number of Topliss-reactive ketones (excluding diaryl/α,β-unsaturated/α-hetero) is 1. The molecule has 15 heavy (non-hydrogen) atoms. The van der Waals surface area contributed by atoms with Crippen molar-refractivity contribution < 1.29 is 4.79 Å². The summed E-state index contributed by atoms with van der Waals surface area (Å²) in [6.07, 6.45) is 4.42. The number of hydrogen-bond donors (Lipinski definition) is 0. The second-order valence-corrected chi connectivity index (χ2v) is 5.03. The number of halogens is 1. The Morgan fingerprint density at radius 1 is 1.33 bits per heavy atom. The maximum atomic E-state index is 11.7. The van der Waals surface area contributed by atoms with E-state index in [2.05, 4.69) is 6.07 Å². The van der Waals surface area contributed by atoms with Crippen molar-refractivity contribution in [1.29, 1.82) is 0 Å². The monoisotopic (exact) mass is 260 g/mol. The van der Waals surface area contributed by atoms with E-state index in [1.165, 1.54) is 4.90 Å². The van der Waals surface area contributed by atoms with Crippen LogP contribution < -0.4 is 0 Å². The van der Waals surface area contributed by atoms with Gasteiger partial charge in [-0.3, -0.25) is 4.79 Å². The molecule has 0 unspecified atom stereocenters. The van der Waals surface area contributed by atoms with Gasteiger partial charge >= 0.3 is 0 Å². The minimum absolute atomic E-state index is 0.127. The van der Waals surface area contributed by atoms with Crippen molar-refractivity contribution in [1.82, 2.24) is 0 Å². The number of ketones is 1. The Labute approximate surface area is 104 Å². The van der Waals surface area contributed by atoms with E-state index in [9.17, 15) is 4.79 Å². The highest BCUT2D eigenvalue weighted by Crippen LogP contribution is 2.27. The molecule has 0 amide bonds. The van der Waals surface area contributed by atoms with Crippen LogP contribution in [0.5, 0.6) is 0 Å². The molecule has 0 fully saturated rings. The first-order valence-corrected chi connectivity index (χ1v) is 7.52. The van der Waals surface area contributed by atoms with Gasteiger partial charge < -0.3 is 0 Å². The first kappa shape index (κ1) is 12.9. The largest absolute Gasteiger partial charge is 0.294 e. The minimum Gasteiger partial charge on any atom is -0.294 e. The van der Waals surface area contributed by atoms with Crippen molar-refractivity contribution in [2.24, 2.45) is 0 Å². The maximum absolute atomic E-state index is 11.7. The van der Waals surface area contributed by atoms with Gasteiger partial charge in [0.15, 0.2) is 5.78 Å². The first-order chi connectivity index (χ1) is 7.22. The van der Waals surface area contributed by atoms with Crippen molar-refractivity contribution in [3.63, 3.8) is 0 Å². The Morgan fingerprint density at radius 2 is 2.07 bits per heavy atom. The van der Waals surface area contributed by atoms with Gasteiger partial charge in [-0.2, -0.15) is 0 Å². The number of rotatable bonds is 5. The average molecular weight is 261 g/mol. The summed E-state index contributed by atoms with van der Waals surface area (Å²) in [6.45, 7) is 0. The highest BCUT2D eigenvalue weighted by molar-refractivity contribution is 7.99. The highest BCUT2D eigenvalue weighted by atomic mass is 35.5. The third-order valence-corrected chi connectivity index (χ3v) is 3.72. The lowest BCUT2D eigenvalue weighted by atomic mass is 10.1. The second kappa shape index (κ2) is 6.46. The molecule has 1 rings (SSSR count). The van der Waals surface area contributed by atoms with Crippen molar-refractivity contribution in [2.75, 3.05) is 18.4 Å². The second-order valence-electron chi connectivity index (χ2n) is 2.93. The van der Waals surface area contributed by atoms with Crippen LogP contribution in [-0.2, 0) is 0 Å². The standard InChI is InChI=1S/C11H13ClOS2/c1-14-8-3-4-9(10(13)5-6-12)11(7-8)15-2/h3-4,7H,5-6H2,1-2H3. The summed E-state index contributed by atoms with van der Waals surface area (Å²) in [5.74, 6) is 0.513. The normalized spacial score (nSPS) is 10.3. The minimum atomic E-state index is 0.127. The zero-order valence-corrected chi connectivity index (χ0v) is 11.1. The van der Waals surface area contributed by atoms with Gasteiger partial charge in [0.1, 0.15) is 0 Å². The Morgan fingerprint density at radius 3 is 2.60 bits per heavy atom. The van der Waals surface area contributed by atoms with Gasteiger partial charge in [-0.25, -0.2) is 0 Å². The smallest absolute Gasteiger partial charge is 0.165 e. The topological polar surface area (TPSA) is 17.1 Å². The van der Waals surface area contributed by atoms with Gasteiger partial charge in [0.2, 0.25) is 0 Å². The predicted octanol–water partition coefficient (Wildman–Crippen LogP) is 3.94. The zero-order chi connectivity index (χ0) is 11.3. The van der Waals surface area contributed by atoms with Crippen LogP contribution in [-0.4, -0.2) is 24.2 Å². The third kappa shape index (κ3) is 3.44. The van der Waals surface area contributed by atoms with Crippen LogP contribution in [0.25, 0.3) is 0 Å². The lowest BCUT2D eigenvalue weighted by Gasteiger charge is -2.07. The number of hydrogen-bond acceptors (Lipinski definition) is 3. The van der Waals surface area contributed by atoms with E-state index in [-0.39, 0.29) is 5.78 Å². The fourth-order valence-electron chi connectivity index (χ4n) is 1.25. The van der Waals surface area contributed by atoms with E-state index >= 15 is 0 Å². The SMILES string of the molecule is CSc1ccc(C(=O)CCCl)c(SC)c1. The molecule has 1 aromatic rings. The molecule has 0 spiro atoms. The van der Waals surface area contributed by atoms with Crippen molar-refractivity contribution in [3.05, 3.63) is 23.8 Å². The molecule has 0 atom stereocenters. The molecule has 0 saturated heterocycles. The zero-order valence-electron chi connectivity index (χ0n) is 8.75.